The maximum atomic E-state index is 11.2. The quantitative estimate of drug-likeness (QED) is 0.595. The Morgan fingerprint density at radius 2 is 2.00 bits per heavy atom. The fourth-order valence-electron chi connectivity index (χ4n) is 1.24. The van der Waals surface area contributed by atoms with Crippen LogP contribution in [0.25, 0.3) is 0 Å². The van der Waals surface area contributed by atoms with Crippen LogP contribution in [-0.4, -0.2) is 29.3 Å². The van der Waals surface area contributed by atoms with Gasteiger partial charge < -0.3 is 10.6 Å². The number of nitrogens with two attached hydrogens (primary N) is 1. The van der Waals surface area contributed by atoms with Gasteiger partial charge in [0.25, 0.3) is 5.69 Å². The SMILES string of the molecule is CN(Cc1ccc([N+](=O)[O-])cc1)C(=O)CN. The minimum absolute atomic E-state index is 0.0382. The highest BCUT2D eigenvalue weighted by atomic mass is 16.6. The summed E-state index contributed by atoms with van der Waals surface area (Å²) in [5.41, 5.74) is 6.08. The zero-order valence-corrected chi connectivity index (χ0v) is 8.92. The highest BCUT2D eigenvalue weighted by Crippen LogP contribution is 2.12. The van der Waals surface area contributed by atoms with Gasteiger partial charge in [0.05, 0.1) is 11.5 Å². The lowest BCUT2D eigenvalue weighted by Gasteiger charge is -2.15. The molecule has 6 nitrogen and oxygen atoms in total. The van der Waals surface area contributed by atoms with Crippen molar-refractivity contribution in [1.29, 1.82) is 0 Å². The Hall–Kier alpha value is -1.95. The molecule has 0 aromatic heterocycles. The van der Waals surface area contributed by atoms with Crippen LogP contribution in [-0.2, 0) is 11.3 Å². The number of amides is 1. The number of nitro benzene ring substituents is 1. The smallest absolute Gasteiger partial charge is 0.269 e. The summed E-state index contributed by atoms with van der Waals surface area (Å²) in [4.78, 5) is 22.6. The number of likely N-dealkylation sites (N-methyl/N-ethyl adjacent to an activating group) is 1. The molecule has 0 saturated carbocycles. The van der Waals surface area contributed by atoms with Gasteiger partial charge in [-0.15, -0.1) is 0 Å². The summed E-state index contributed by atoms with van der Waals surface area (Å²) in [6.07, 6.45) is 0. The molecular formula is C10H13N3O3. The first-order chi connectivity index (χ1) is 7.54. The number of carbonyl (C=O) groups is 1. The Balaban J connectivity index is 2.68. The first-order valence-electron chi connectivity index (χ1n) is 4.72. The van der Waals surface area contributed by atoms with E-state index in [1.54, 1.807) is 19.2 Å². The Bertz CT molecular complexity index is 389. The third-order valence-corrected chi connectivity index (χ3v) is 2.17. The van der Waals surface area contributed by atoms with Gasteiger partial charge in [0.15, 0.2) is 0 Å². The molecule has 0 bridgehead atoms. The molecule has 0 aliphatic rings. The van der Waals surface area contributed by atoms with Crippen LogP contribution in [0.4, 0.5) is 5.69 Å². The lowest BCUT2D eigenvalue weighted by atomic mass is 10.2. The second kappa shape index (κ2) is 5.22. The standard InChI is InChI=1S/C10H13N3O3/c1-12(10(14)6-11)7-8-2-4-9(5-3-8)13(15)16/h2-5H,6-7,11H2,1H3. The van der Waals surface area contributed by atoms with Crippen molar-refractivity contribution >= 4 is 11.6 Å². The fourth-order valence-corrected chi connectivity index (χ4v) is 1.24. The van der Waals surface area contributed by atoms with Crippen molar-refractivity contribution in [3.63, 3.8) is 0 Å². The molecule has 1 rings (SSSR count). The number of benzene rings is 1. The monoisotopic (exact) mass is 223 g/mol. The third kappa shape index (κ3) is 3.03. The molecule has 0 spiro atoms. The van der Waals surface area contributed by atoms with Crippen molar-refractivity contribution in [3.05, 3.63) is 39.9 Å². The molecule has 0 fully saturated rings. The zero-order chi connectivity index (χ0) is 12.1. The van der Waals surface area contributed by atoms with E-state index in [-0.39, 0.29) is 18.1 Å². The first kappa shape index (κ1) is 12.1. The van der Waals surface area contributed by atoms with Crippen LogP contribution in [0, 0.1) is 10.1 Å². The van der Waals surface area contributed by atoms with Gasteiger partial charge in [-0.3, -0.25) is 14.9 Å². The number of carbonyl (C=O) groups excluding carboxylic acids is 1. The highest BCUT2D eigenvalue weighted by molar-refractivity contribution is 5.77. The second-order valence-corrected chi connectivity index (χ2v) is 3.38. The van der Waals surface area contributed by atoms with Crippen molar-refractivity contribution in [2.24, 2.45) is 5.73 Å². The van der Waals surface area contributed by atoms with E-state index in [1.165, 1.54) is 17.0 Å². The van der Waals surface area contributed by atoms with Crippen LogP contribution < -0.4 is 5.73 Å². The molecule has 6 heteroatoms. The van der Waals surface area contributed by atoms with Gasteiger partial charge in [-0.25, -0.2) is 0 Å². The molecule has 86 valence electrons. The average molecular weight is 223 g/mol. The van der Waals surface area contributed by atoms with E-state index in [4.69, 9.17) is 5.73 Å². The van der Waals surface area contributed by atoms with Crippen LogP contribution in [0.2, 0.25) is 0 Å². The lowest BCUT2D eigenvalue weighted by molar-refractivity contribution is -0.384. The number of nitrogens with zero attached hydrogens (tertiary/aromatic N) is 2. The highest BCUT2D eigenvalue weighted by Gasteiger charge is 2.08. The fraction of sp³-hybridized carbons (Fsp3) is 0.300. The normalized spacial score (nSPS) is 9.88. The predicted molar refractivity (Wildman–Crippen MR) is 58.6 cm³/mol. The number of rotatable bonds is 4. The van der Waals surface area contributed by atoms with Gasteiger partial charge in [0.1, 0.15) is 0 Å². The largest absolute Gasteiger partial charge is 0.340 e. The molecule has 1 aromatic rings. The van der Waals surface area contributed by atoms with E-state index < -0.39 is 4.92 Å². The second-order valence-electron chi connectivity index (χ2n) is 3.38. The molecule has 0 atom stereocenters. The molecule has 0 saturated heterocycles. The summed E-state index contributed by atoms with van der Waals surface area (Å²) in [7, 11) is 1.64. The van der Waals surface area contributed by atoms with Gasteiger partial charge in [-0.1, -0.05) is 12.1 Å². The molecule has 16 heavy (non-hydrogen) atoms. The summed E-state index contributed by atoms with van der Waals surface area (Å²) < 4.78 is 0. The average Bonchev–Trinajstić information content (AvgIpc) is 2.28. The Morgan fingerprint density at radius 3 is 2.44 bits per heavy atom. The summed E-state index contributed by atoms with van der Waals surface area (Å²) in [6.45, 7) is 0.359. The van der Waals surface area contributed by atoms with Crippen LogP contribution >= 0.6 is 0 Å². The Labute approximate surface area is 92.8 Å². The summed E-state index contributed by atoms with van der Waals surface area (Å²) >= 11 is 0. The van der Waals surface area contributed by atoms with Gasteiger partial charge in [-0.2, -0.15) is 0 Å². The molecule has 0 aliphatic carbocycles. The Morgan fingerprint density at radius 1 is 1.44 bits per heavy atom. The number of nitro groups is 1. The van der Waals surface area contributed by atoms with E-state index in [9.17, 15) is 14.9 Å². The molecule has 1 amide bonds. The van der Waals surface area contributed by atoms with Crippen LogP contribution in [0.3, 0.4) is 0 Å². The zero-order valence-electron chi connectivity index (χ0n) is 8.92. The van der Waals surface area contributed by atoms with Crippen molar-refractivity contribution in [2.75, 3.05) is 13.6 Å². The molecular weight excluding hydrogens is 210 g/mol. The molecule has 1 aromatic carbocycles. The van der Waals surface area contributed by atoms with Crippen LogP contribution in [0.1, 0.15) is 5.56 Å². The van der Waals surface area contributed by atoms with Crippen molar-refractivity contribution < 1.29 is 9.72 Å². The minimum atomic E-state index is -0.460. The maximum absolute atomic E-state index is 11.2. The third-order valence-electron chi connectivity index (χ3n) is 2.17. The van der Waals surface area contributed by atoms with Gasteiger partial charge in [-0.05, 0) is 5.56 Å². The Kier molecular flexibility index (Phi) is 3.96. The van der Waals surface area contributed by atoms with E-state index in [2.05, 4.69) is 0 Å². The van der Waals surface area contributed by atoms with Gasteiger partial charge in [0, 0.05) is 25.7 Å². The number of non-ortho nitro benzene ring substituents is 1. The minimum Gasteiger partial charge on any atom is -0.340 e. The molecule has 2 N–H and O–H groups in total. The molecule has 0 unspecified atom stereocenters. The molecule has 0 heterocycles. The van der Waals surface area contributed by atoms with Crippen molar-refractivity contribution in [1.82, 2.24) is 4.90 Å². The molecule has 0 radical (unpaired) electrons. The van der Waals surface area contributed by atoms with E-state index in [0.717, 1.165) is 5.56 Å². The lowest BCUT2D eigenvalue weighted by Crippen LogP contribution is -2.32. The van der Waals surface area contributed by atoms with E-state index >= 15 is 0 Å². The number of hydrogen-bond acceptors (Lipinski definition) is 4. The maximum Gasteiger partial charge on any atom is 0.269 e. The van der Waals surface area contributed by atoms with Crippen molar-refractivity contribution in [2.45, 2.75) is 6.54 Å². The summed E-state index contributed by atoms with van der Waals surface area (Å²) in [5.74, 6) is -0.168. The van der Waals surface area contributed by atoms with Crippen molar-refractivity contribution in [3.8, 4) is 0 Å². The summed E-state index contributed by atoms with van der Waals surface area (Å²) in [6, 6.07) is 6.07. The first-order valence-corrected chi connectivity index (χ1v) is 4.72. The van der Waals surface area contributed by atoms with E-state index in [0.29, 0.717) is 6.54 Å². The van der Waals surface area contributed by atoms with Crippen LogP contribution in [0.5, 0.6) is 0 Å². The van der Waals surface area contributed by atoms with Gasteiger partial charge >= 0.3 is 0 Å². The van der Waals surface area contributed by atoms with Crippen LogP contribution in [0.15, 0.2) is 24.3 Å². The molecule has 0 aliphatic heterocycles. The summed E-state index contributed by atoms with van der Waals surface area (Å²) in [5, 5.41) is 10.4. The topological polar surface area (TPSA) is 89.5 Å². The predicted octanol–water partition coefficient (Wildman–Crippen LogP) is 0.512. The van der Waals surface area contributed by atoms with E-state index in [1.807, 2.05) is 0 Å². The number of hydrogen-bond donors (Lipinski definition) is 1. The van der Waals surface area contributed by atoms with Gasteiger partial charge in [0.2, 0.25) is 5.91 Å².